The van der Waals surface area contributed by atoms with Crippen LogP contribution in [-0.4, -0.2) is 34.9 Å². The second-order valence-electron chi connectivity index (χ2n) is 3.92. The largest absolute Gasteiger partial charge is 0.383 e. The van der Waals surface area contributed by atoms with Gasteiger partial charge < -0.3 is 10.1 Å². The second-order valence-corrected chi connectivity index (χ2v) is 3.92. The molecule has 0 spiro atoms. The van der Waals surface area contributed by atoms with Gasteiger partial charge in [-0.25, -0.2) is 4.98 Å². The van der Waals surface area contributed by atoms with E-state index in [1.54, 1.807) is 7.11 Å². The van der Waals surface area contributed by atoms with Crippen LogP contribution in [0.5, 0.6) is 0 Å². The summed E-state index contributed by atoms with van der Waals surface area (Å²) in [6.45, 7) is 2.75. The summed E-state index contributed by atoms with van der Waals surface area (Å²) in [5.41, 5.74) is 2.06. The first-order valence-corrected chi connectivity index (χ1v) is 5.51. The molecule has 0 aliphatic heterocycles. The third kappa shape index (κ3) is 3.04. The molecule has 1 aromatic heterocycles. The Kier molecular flexibility index (Phi) is 3.72. The average Bonchev–Trinajstić information content (AvgIpc) is 2.83. The molecule has 0 fully saturated rings. The number of benzene rings is 1. The number of aromatic nitrogens is 3. The van der Waals surface area contributed by atoms with Crippen LogP contribution in [0.1, 0.15) is 6.92 Å². The van der Waals surface area contributed by atoms with Crippen molar-refractivity contribution in [2.45, 2.75) is 13.0 Å². The molecule has 0 radical (unpaired) electrons. The number of nitrogens with one attached hydrogen (secondary N) is 2. The molecule has 0 saturated carbocycles. The molecule has 0 aliphatic rings. The van der Waals surface area contributed by atoms with Gasteiger partial charge in [0.25, 0.3) is 0 Å². The van der Waals surface area contributed by atoms with Crippen LogP contribution < -0.4 is 5.32 Å². The van der Waals surface area contributed by atoms with Gasteiger partial charge in [-0.3, -0.25) is 5.10 Å². The second kappa shape index (κ2) is 5.45. The summed E-state index contributed by atoms with van der Waals surface area (Å²) in [7, 11) is 1.70. The fourth-order valence-electron chi connectivity index (χ4n) is 1.68. The van der Waals surface area contributed by atoms with Crippen LogP contribution in [0.25, 0.3) is 11.4 Å². The molecule has 1 atom stereocenters. The summed E-state index contributed by atoms with van der Waals surface area (Å²) in [6, 6.07) is 8.30. The first kappa shape index (κ1) is 11.6. The van der Waals surface area contributed by atoms with Crippen LogP contribution in [-0.2, 0) is 4.74 Å². The molecule has 90 valence electrons. The van der Waals surface area contributed by atoms with E-state index in [0.717, 1.165) is 17.1 Å². The highest BCUT2D eigenvalue weighted by Gasteiger charge is 2.04. The van der Waals surface area contributed by atoms with Crippen molar-refractivity contribution in [3.8, 4) is 11.4 Å². The fraction of sp³-hybridized carbons (Fsp3) is 0.333. The van der Waals surface area contributed by atoms with Crippen LogP contribution in [0.2, 0.25) is 0 Å². The van der Waals surface area contributed by atoms with Crippen LogP contribution >= 0.6 is 0 Å². The number of methoxy groups -OCH3 is 1. The highest BCUT2D eigenvalue weighted by atomic mass is 16.5. The van der Waals surface area contributed by atoms with E-state index in [-0.39, 0.29) is 6.04 Å². The zero-order valence-electron chi connectivity index (χ0n) is 9.97. The van der Waals surface area contributed by atoms with E-state index in [1.165, 1.54) is 6.33 Å². The first-order valence-electron chi connectivity index (χ1n) is 5.51. The van der Waals surface area contributed by atoms with Crippen molar-refractivity contribution in [2.75, 3.05) is 19.0 Å². The molecule has 0 saturated heterocycles. The van der Waals surface area contributed by atoms with Crippen LogP contribution in [0.4, 0.5) is 5.69 Å². The first-order chi connectivity index (χ1) is 8.29. The monoisotopic (exact) mass is 232 g/mol. The third-order valence-corrected chi connectivity index (χ3v) is 2.38. The molecule has 17 heavy (non-hydrogen) atoms. The van der Waals surface area contributed by atoms with Crippen molar-refractivity contribution in [3.05, 3.63) is 30.6 Å². The van der Waals surface area contributed by atoms with Crippen LogP contribution in [0.3, 0.4) is 0 Å². The number of ether oxygens (including phenoxy) is 1. The van der Waals surface area contributed by atoms with Gasteiger partial charge in [-0.1, -0.05) is 12.1 Å². The molecule has 1 aromatic carbocycles. The lowest BCUT2D eigenvalue weighted by Crippen LogP contribution is -2.20. The Morgan fingerprint density at radius 3 is 3.06 bits per heavy atom. The maximum absolute atomic E-state index is 5.09. The summed E-state index contributed by atoms with van der Waals surface area (Å²) in [5, 5.41) is 10.0. The van der Waals surface area contributed by atoms with Crippen LogP contribution in [0, 0.1) is 0 Å². The Labute approximate surface area is 100 Å². The van der Waals surface area contributed by atoms with Gasteiger partial charge in [0, 0.05) is 24.4 Å². The minimum absolute atomic E-state index is 0.268. The lowest BCUT2D eigenvalue weighted by atomic mass is 10.2. The predicted molar refractivity (Wildman–Crippen MR) is 66.8 cm³/mol. The molecular formula is C12H16N4O. The zero-order valence-corrected chi connectivity index (χ0v) is 9.97. The number of aromatic amines is 1. The van der Waals surface area contributed by atoms with E-state index in [0.29, 0.717) is 6.61 Å². The van der Waals surface area contributed by atoms with Gasteiger partial charge in [-0.2, -0.15) is 5.10 Å². The lowest BCUT2D eigenvalue weighted by Gasteiger charge is -2.14. The smallest absolute Gasteiger partial charge is 0.155 e. The number of H-pyrrole nitrogens is 1. The van der Waals surface area contributed by atoms with Gasteiger partial charge in [0.05, 0.1) is 6.61 Å². The Balaban J connectivity index is 2.12. The summed E-state index contributed by atoms with van der Waals surface area (Å²) in [6.07, 6.45) is 1.50. The van der Waals surface area contributed by atoms with Crippen molar-refractivity contribution in [2.24, 2.45) is 0 Å². The average molecular weight is 232 g/mol. The molecular weight excluding hydrogens is 216 g/mol. The Hall–Kier alpha value is -1.88. The van der Waals surface area contributed by atoms with Gasteiger partial charge in [0.15, 0.2) is 5.82 Å². The highest BCUT2D eigenvalue weighted by molar-refractivity contribution is 5.62. The molecule has 0 bridgehead atoms. The number of hydrogen-bond donors (Lipinski definition) is 2. The third-order valence-electron chi connectivity index (χ3n) is 2.38. The van der Waals surface area contributed by atoms with E-state index in [1.807, 2.05) is 24.3 Å². The summed E-state index contributed by atoms with van der Waals surface area (Å²) < 4.78 is 5.09. The SMILES string of the molecule is COC[C@@H](C)Nc1cccc(-c2ncn[nH]2)c1. The molecule has 0 aliphatic carbocycles. The standard InChI is InChI=1S/C12H16N4O/c1-9(7-17-2)15-11-5-3-4-10(6-11)12-13-8-14-16-12/h3-6,8-9,15H,7H2,1-2H3,(H,13,14,16)/t9-/m1/s1. The van der Waals surface area contributed by atoms with Crippen molar-refractivity contribution in [3.63, 3.8) is 0 Å². The van der Waals surface area contributed by atoms with E-state index in [2.05, 4.69) is 27.4 Å². The van der Waals surface area contributed by atoms with Gasteiger partial charge in [0.2, 0.25) is 0 Å². The van der Waals surface area contributed by atoms with Crippen molar-refractivity contribution < 1.29 is 4.74 Å². The number of nitrogens with zero attached hydrogens (tertiary/aromatic N) is 2. The molecule has 2 rings (SSSR count). The fourth-order valence-corrected chi connectivity index (χ4v) is 1.68. The Morgan fingerprint density at radius 1 is 1.47 bits per heavy atom. The molecule has 1 heterocycles. The normalized spacial score (nSPS) is 12.4. The highest BCUT2D eigenvalue weighted by Crippen LogP contribution is 2.19. The molecule has 2 N–H and O–H groups in total. The maximum Gasteiger partial charge on any atom is 0.155 e. The van der Waals surface area contributed by atoms with Crippen molar-refractivity contribution >= 4 is 5.69 Å². The van der Waals surface area contributed by atoms with Gasteiger partial charge >= 0.3 is 0 Å². The molecule has 0 amide bonds. The number of anilines is 1. The summed E-state index contributed by atoms with van der Waals surface area (Å²) in [5.74, 6) is 0.771. The lowest BCUT2D eigenvalue weighted by molar-refractivity contribution is 0.190. The van der Waals surface area contributed by atoms with Gasteiger partial charge in [-0.15, -0.1) is 0 Å². The van der Waals surface area contributed by atoms with Crippen LogP contribution in [0.15, 0.2) is 30.6 Å². The molecule has 0 unspecified atom stereocenters. The quantitative estimate of drug-likeness (QED) is 0.826. The van der Waals surface area contributed by atoms with Crippen molar-refractivity contribution in [1.82, 2.24) is 15.2 Å². The number of hydrogen-bond acceptors (Lipinski definition) is 4. The summed E-state index contributed by atoms with van der Waals surface area (Å²) in [4.78, 5) is 4.12. The Bertz CT molecular complexity index is 455. The molecule has 5 heteroatoms. The van der Waals surface area contributed by atoms with Crippen molar-refractivity contribution in [1.29, 1.82) is 0 Å². The zero-order chi connectivity index (χ0) is 12.1. The van der Waals surface area contributed by atoms with Gasteiger partial charge in [-0.05, 0) is 19.1 Å². The van der Waals surface area contributed by atoms with E-state index in [4.69, 9.17) is 4.74 Å². The number of rotatable bonds is 5. The maximum atomic E-state index is 5.09. The van der Waals surface area contributed by atoms with Gasteiger partial charge in [0.1, 0.15) is 6.33 Å². The van der Waals surface area contributed by atoms with E-state index >= 15 is 0 Å². The molecule has 5 nitrogen and oxygen atoms in total. The topological polar surface area (TPSA) is 62.8 Å². The van der Waals surface area contributed by atoms with E-state index in [9.17, 15) is 0 Å². The Morgan fingerprint density at radius 2 is 2.35 bits per heavy atom. The summed E-state index contributed by atoms with van der Waals surface area (Å²) >= 11 is 0. The minimum Gasteiger partial charge on any atom is -0.383 e. The minimum atomic E-state index is 0.268. The van der Waals surface area contributed by atoms with E-state index < -0.39 is 0 Å². The predicted octanol–water partition coefficient (Wildman–Crippen LogP) is 1.92. The molecule has 2 aromatic rings.